The summed E-state index contributed by atoms with van der Waals surface area (Å²) in [6.45, 7) is 6.12. The molecule has 2 rings (SSSR count). The Morgan fingerprint density at radius 1 is 1.05 bits per heavy atom. The van der Waals surface area contributed by atoms with E-state index in [-0.39, 0.29) is 6.04 Å². The number of nitrogens with zero attached hydrogens (tertiary/aromatic N) is 2. The van der Waals surface area contributed by atoms with Crippen molar-refractivity contribution in [1.29, 1.82) is 0 Å². The van der Waals surface area contributed by atoms with Crippen LogP contribution in [-0.2, 0) is 0 Å². The molecule has 2 aromatic rings. The van der Waals surface area contributed by atoms with Crippen molar-refractivity contribution in [1.82, 2.24) is 9.97 Å². The SMILES string of the molecule is Cc1cc(Br)c(NC(C)c2nccnc2C)c(Br)c1. The molecule has 0 fully saturated rings. The zero-order valence-corrected chi connectivity index (χ0v) is 14.2. The maximum atomic E-state index is 4.40. The average Bonchev–Trinajstić information content (AvgIpc) is 2.34. The van der Waals surface area contributed by atoms with Gasteiger partial charge in [0.05, 0.1) is 23.1 Å². The van der Waals surface area contributed by atoms with Gasteiger partial charge in [-0.25, -0.2) is 0 Å². The van der Waals surface area contributed by atoms with Gasteiger partial charge in [-0.2, -0.15) is 0 Å². The van der Waals surface area contributed by atoms with E-state index in [4.69, 9.17) is 0 Å². The van der Waals surface area contributed by atoms with E-state index in [1.54, 1.807) is 12.4 Å². The average molecular weight is 385 g/mol. The number of nitrogens with one attached hydrogen (secondary N) is 1. The first kappa shape index (κ1) is 14.5. The first-order valence-corrected chi connectivity index (χ1v) is 7.57. The summed E-state index contributed by atoms with van der Waals surface area (Å²) in [6.07, 6.45) is 3.43. The first-order chi connectivity index (χ1) is 8.99. The zero-order chi connectivity index (χ0) is 14.0. The second-order valence-corrected chi connectivity index (χ2v) is 6.21. The lowest BCUT2D eigenvalue weighted by molar-refractivity contribution is 0.808. The van der Waals surface area contributed by atoms with Gasteiger partial charge in [-0.3, -0.25) is 9.97 Å². The predicted molar refractivity (Wildman–Crippen MR) is 85.4 cm³/mol. The van der Waals surface area contributed by atoms with Gasteiger partial charge in [-0.05, 0) is 70.3 Å². The van der Waals surface area contributed by atoms with Gasteiger partial charge < -0.3 is 5.32 Å². The molecule has 1 atom stereocenters. The minimum Gasteiger partial charge on any atom is -0.375 e. The van der Waals surface area contributed by atoms with E-state index in [0.29, 0.717) is 0 Å². The molecule has 0 radical (unpaired) electrons. The fourth-order valence-electron chi connectivity index (χ4n) is 1.97. The number of rotatable bonds is 3. The van der Waals surface area contributed by atoms with Crippen LogP contribution in [0.3, 0.4) is 0 Å². The Hall–Kier alpha value is -0.940. The Balaban J connectivity index is 2.29. The number of benzene rings is 1. The van der Waals surface area contributed by atoms with Crippen LogP contribution in [0.25, 0.3) is 0 Å². The van der Waals surface area contributed by atoms with E-state index in [9.17, 15) is 0 Å². The van der Waals surface area contributed by atoms with Crippen molar-refractivity contribution < 1.29 is 0 Å². The smallest absolute Gasteiger partial charge is 0.0835 e. The van der Waals surface area contributed by atoms with Crippen molar-refractivity contribution in [3.05, 3.63) is 50.4 Å². The quantitative estimate of drug-likeness (QED) is 0.826. The van der Waals surface area contributed by atoms with Crippen LogP contribution in [-0.4, -0.2) is 9.97 Å². The molecule has 5 heteroatoms. The molecule has 19 heavy (non-hydrogen) atoms. The summed E-state index contributed by atoms with van der Waals surface area (Å²) in [5, 5.41) is 3.47. The van der Waals surface area contributed by atoms with Crippen LogP contribution in [0, 0.1) is 13.8 Å². The van der Waals surface area contributed by atoms with E-state index in [2.05, 4.69) is 73.1 Å². The summed E-state index contributed by atoms with van der Waals surface area (Å²) in [5.41, 5.74) is 4.14. The lowest BCUT2D eigenvalue weighted by atomic mass is 10.1. The van der Waals surface area contributed by atoms with E-state index in [0.717, 1.165) is 26.0 Å². The van der Waals surface area contributed by atoms with E-state index < -0.39 is 0 Å². The van der Waals surface area contributed by atoms with Gasteiger partial charge in [0.25, 0.3) is 0 Å². The maximum absolute atomic E-state index is 4.40. The Morgan fingerprint density at radius 2 is 1.63 bits per heavy atom. The molecule has 0 saturated carbocycles. The molecule has 0 saturated heterocycles. The lowest BCUT2D eigenvalue weighted by Gasteiger charge is -2.18. The standard InChI is InChI=1S/C14H15Br2N3/c1-8-6-11(15)14(12(16)7-8)19-10(3)13-9(2)17-4-5-18-13/h4-7,10,19H,1-3H3. The molecule has 1 aromatic heterocycles. The highest BCUT2D eigenvalue weighted by Crippen LogP contribution is 2.34. The number of hydrogen-bond acceptors (Lipinski definition) is 3. The highest BCUT2D eigenvalue weighted by Gasteiger charge is 2.14. The molecular weight excluding hydrogens is 370 g/mol. The van der Waals surface area contributed by atoms with Crippen molar-refractivity contribution in [2.24, 2.45) is 0 Å². The van der Waals surface area contributed by atoms with Crippen molar-refractivity contribution >= 4 is 37.5 Å². The normalized spacial score (nSPS) is 12.3. The molecule has 0 spiro atoms. The Kier molecular flexibility index (Phi) is 4.58. The van der Waals surface area contributed by atoms with Gasteiger partial charge in [0, 0.05) is 21.3 Å². The molecule has 3 nitrogen and oxygen atoms in total. The minimum absolute atomic E-state index is 0.0870. The Morgan fingerprint density at radius 3 is 2.21 bits per heavy atom. The lowest BCUT2D eigenvalue weighted by Crippen LogP contribution is -2.11. The van der Waals surface area contributed by atoms with Crippen LogP contribution in [0.2, 0.25) is 0 Å². The Labute approximate surface area is 130 Å². The zero-order valence-electron chi connectivity index (χ0n) is 11.0. The minimum atomic E-state index is 0.0870. The predicted octanol–water partition coefficient (Wildman–Crippen LogP) is 4.79. The van der Waals surface area contributed by atoms with Crippen LogP contribution >= 0.6 is 31.9 Å². The van der Waals surface area contributed by atoms with Crippen molar-refractivity contribution in [3.63, 3.8) is 0 Å². The molecular formula is C14H15Br2N3. The first-order valence-electron chi connectivity index (χ1n) is 5.98. The molecule has 1 unspecified atom stereocenters. The summed E-state index contributed by atoms with van der Waals surface area (Å²) >= 11 is 7.18. The summed E-state index contributed by atoms with van der Waals surface area (Å²) in [6, 6.07) is 4.26. The molecule has 1 heterocycles. The molecule has 100 valence electrons. The van der Waals surface area contributed by atoms with Crippen LogP contribution in [0.4, 0.5) is 5.69 Å². The van der Waals surface area contributed by atoms with Crippen molar-refractivity contribution in [3.8, 4) is 0 Å². The van der Waals surface area contributed by atoms with Gasteiger partial charge in [0.2, 0.25) is 0 Å². The molecule has 0 bridgehead atoms. The monoisotopic (exact) mass is 383 g/mol. The summed E-state index contributed by atoms with van der Waals surface area (Å²) in [7, 11) is 0. The van der Waals surface area contributed by atoms with Crippen molar-refractivity contribution in [2.45, 2.75) is 26.8 Å². The molecule has 1 aromatic carbocycles. The Bertz CT molecular complexity index is 576. The van der Waals surface area contributed by atoms with Crippen LogP contribution in [0.1, 0.15) is 29.9 Å². The molecule has 0 aliphatic rings. The second kappa shape index (κ2) is 6.01. The maximum Gasteiger partial charge on any atom is 0.0835 e. The van der Waals surface area contributed by atoms with Gasteiger partial charge in [0.1, 0.15) is 0 Å². The number of aromatic nitrogens is 2. The molecule has 1 N–H and O–H groups in total. The summed E-state index contributed by atoms with van der Waals surface area (Å²) < 4.78 is 2.07. The number of halogens is 2. The highest BCUT2D eigenvalue weighted by atomic mass is 79.9. The topological polar surface area (TPSA) is 37.8 Å². The third kappa shape index (κ3) is 3.34. The van der Waals surface area contributed by atoms with E-state index in [1.165, 1.54) is 5.56 Å². The number of hydrogen-bond donors (Lipinski definition) is 1. The summed E-state index contributed by atoms with van der Waals surface area (Å²) in [4.78, 5) is 8.67. The third-order valence-electron chi connectivity index (χ3n) is 2.88. The van der Waals surface area contributed by atoms with Crippen molar-refractivity contribution in [2.75, 3.05) is 5.32 Å². The van der Waals surface area contributed by atoms with Crippen LogP contribution < -0.4 is 5.32 Å². The summed E-state index contributed by atoms with van der Waals surface area (Å²) in [5.74, 6) is 0. The highest BCUT2D eigenvalue weighted by molar-refractivity contribution is 9.11. The van der Waals surface area contributed by atoms with Gasteiger partial charge in [-0.1, -0.05) is 0 Å². The van der Waals surface area contributed by atoms with Crippen LogP contribution in [0.15, 0.2) is 33.5 Å². The molecule has 0 aliphatic heterocycles. The third-order valence-corrected chi connectivity index (χ3v) is 4.13. The largest absolute Gasteiger partial charge is 0.375 e. The fraction of sp³-hybridized carbons (Fsp3) is 0.286. The van der Waals surface area contributed by atoms with E-state index >= 15 is 0 Å². The van der Waals surface area contributed by atoms with E-state index in [1.807, 2.05) is 6.92 Å². The van der Waals surface area contributed by atoms with Crippen LogP contribution in [0.5, 0.6) is 0 Å². The van der Waals surface area contributed by atoms with Gasteiger partial charge in [-0.15, -0.1) is 0 Å². The number of aryl methyl sites for hydroxylation is 2. The van der Waals surface area contributed by atoms with Gasteiger partial charge >= 0.3 is 0 Å². The molecule has 0 amide bonds. The molecule has 0 aliphatic carbocycles. The van der Waals surface area contributed by atoms with Gasteiger partial charge in [0.15, 0.2) is 0 Å². The fourth-order valence-corrected chi connectivity index (χ4v) is 3.61. The second-order valence-electron chi connectivity index (χ2n) is 4.50. The number of anilines is 1.